The number of morpholine rings is 3. The van der Waals surface area contributed by atoms with Gasteiger partial charge in [0.15, 0.2) is 23.3 Å². The van der Waals surface area contributed by atoms with Crippen molar-refractivity contribution in [3.8, 4) is 28.7 Å². The number of carbonyl (C=O) groups is 4. The van der Waals surface area contributed by atoms with Crippen molar-refractivity contribution in [3.63, 3.8) is 0 Å². The molecular formula is C95H111ClN22O11. The van der Waals surface area contributed by atoms with Crippen LogP contribution >= 0.6 is 11.6 Å². The molecule has 6 aromatic carbocycles. The number of H-pyrrole nitrogens is 4. The van der Waals surface area contributed by atoms with Crippen molar-refractivity contribution in [3.05, 3.63) is 291 Å². The van der Waals surface area contributed by atoms with Crippen molar-refractivity contribution in [2.75, 3.05) is 115 Å². The number of aryl methyl sites for hydroxylation is 9. The molecule has 4 amide bonds. The molecular weight excluding hydrogens is 1660 g/mol. The Balaban J connectivity index is 0.000000147. The second-order valence-corrected chi connectivity index (χ2v) is 32.9. The van der Waals surface area contributed by atoms with Gasteiger partial charge >= 0.3 is 0 Å². The number of hydrogen-bond donors (Lipinski definition) is 16. The van der Waals surface area contributed by atoms with Gasteiger partial charge in [0.05, 0.1) is 67.4 Å². The van der Waals surface area contributed by atoms with E-state index in [1.54, 1.807) is 6.20 Å². The first-order valence-corrected chi connectivity index (χ1v) is 42.9. The molecule has 10 heterocycles. The number of amides is 4. The Morgan fingerprint density at radius 3 is 1.02 bits per heavy atom. The maximum atomic E-state index is 12.3. The van der Waals surface area contributed by atoms with Gasteiger partial charge in [-0.15, -0.1) is 0 Å². The predicted octanol–water partition coefficient (Wildman–Crippen LogP) is 12.2. The van der Waals surface area contributed by atoms with E-state index in [1.807, 2.05) is 182 Å². The number of carbonyl (C=O) groups excluding carboxylic acids is 4. The Morgan fingerprint density at radius 2 is 0.682 bits per heavy atom. The van der Waals surface area contributed by atoms with E-state index in [4.69, 9.17) is 48.7 Å². The minimum absolute atomic E-state index is 0.283. The molecule has 3 aliphatic heterocycles. The van der Waals surface area contributed by atoms with Gasteiger partial charge in [-0.1, -0.05) is 90.5 Å². The fourth-order valence-corrected chi connectivity index (χ4v) is 16.4. The van der Waals surface area contributed by atoms with E-state index in [0.717, 1.165) is 159 Å². The van der Waals surface area contributed by atoms with Crippen LogP contribution in [0.25, 0.3) is 5.69 Å². The number of aromatic nitrogens is 11. The maximum absolute atomic E-state index is 12.3. The van der Waals surface area contributed by atoms with E-state index in [2.05, 4.69) is 112 Å². The highest BCUT2D eigenvalue weighted by Crippen LogP contribution is 2.34. The summed E-state index contributed by atoms with van der Waals surface area (Å²) in [7, 11) is 0. The molecule has 3 fully saturated rings. The van der Waals surface area contributed by atoms with Crippen LogP contribution in [0.5, 0.6) is 23.0 Å². The Hall–Kier alpha value is -14.4. The third-order valence-corrected chi connectivity index (χ3v) is 23.0. The lowest BCUT2D eigenvalue weighted by Crippen LogP contribution is -2.36. The molecule has 0 atom stereocenters. The van der Waals surface area contributed by atoms with Gasteiger partial charge in [-0.2, -0.15) is 20.4 Å². The van der Waals surface area contributed by atoms with Crippen LogP contribution < -0.4 is 58.9 Å². The Morgan fingerprint density at radius 1 is 0.372 bits per heavy atom. The summed E-state index contributed by atoms with van der Waals surface area (Å²) in [6, 6.07) is 39.4. The van der Waals surface area contributed by atoms with Crippen LogP contribution in [0.4, 0.5) is 40.6 Å². The molecule has 0 saturated carbocycles. The van der Waals surface area contributed by atoms with Gasteiger partial charge in [-0.05, 0) is 199 Å². The van der Waals surface area contributed by atoms with Crippen molar-refractivity contribution in [2.24, 2.45) is 22.9 Å². The molecule has 0 unspecified atom stereocenters. The van der Waals surface area contributed by atoms with Crippen molar-refractivity contribution < 1.29 is 53.8 Å². The number of aromatic hydroxyl groups is 4. The SMILES string of the molecule is Cc1cc(CNc2n[nH]c(Cc3ccc(-n4cccc4)cc3)c2C(N)=O)cc(C)c1O.Cc1cc(CNc2n[nH]c(Cc3ccc(N4CCOCC4)nc3)c2C(N)=O)cc(C)c1O.Cc1cc(CNc2n[nH]c(Cc3cnc(N4CCOCC4)c(Cl)c3)c2C(N)=O)cc(C)c1O.Cc1cc(Cc2[nH]nc(NCc3cc(C)c(O)c(C)c3)c2C(N)=O)ccc1N1CCOCC1. The van der Waals surface area contributed by atoms with Crippen molar-refractivity contribution in [2.45, 2.75) is 114 Å². The minimum atomic E-state index is -0.580. The van der Waals surface area contributed by atoms with Crippen molar-refractivity contribution >= 4 is 75.8 Å². The largest absolute Gasteiger partial charge is 0.507 e. The summed E-state index contributed by atoms with van der Waals surface area (Å²) in [5, 5.41) is 82.1. The quantitative estimate of drug-likeness (QED) is 0.0216. The summed E-state index contributed by atoms with van der Waals surface area (Å²) < 4.78 is 18.3. The number of nitrogens with one attached hydrogen (secondary N) is 8. The molecule has 674 valence electrons. The summed E-state index contributed by atoms with van der Waals surface area (Å²) in [5.74, 6) is 2.28. The number of aromatic amines is 4. The zero-order chi connectivity index (χ0) is 91.7. The average molecular weight is 1770 g/mol. The fraction of sp³-hybridized carbons (Fsp3) is 0.305. The summed E-state index contributed by atoms with van der Waals surface area (Å²) in [4.78, 5) is 64.5. The zero-order valence-corrected chi connectivity index (χ0v) is 74.6. The van der Waals surface area contributed by atoms with Crippen LogP contribution in [0.2, 0.25) is 5.02 Å². The molecule has 3 aliphatic rings. The number of rotatable bonds is 28. The number of primary amides is 4. The van der Waals surface area contributed by atoms with Crippen LogP contribution in [-0.4, -0.2) is 178 Å². The number of nitrogens with two attached hydrogens (primary N) is 4. The van der Waals surface area contributed by atoms with E-state index < -0.39 is 23.6 Å². The molecule has 7 aromatic heterocycles. The lowest BCUT2D eigenvalue weighted by atomic mass is 10.0. The first kappa shape index (κ1) is 92.3. The highest BCUT2D eigenvalue weighted by atomic mass is 35.5. The second kappa shape index (κ2) is 42.3. The second-order valence-electron chi connectivity index (χ2n) is 32.4. The Kier molecular flexibility index (Phi) is 30.2. The van der Waals surface area contributed by atoms with Gasteiger partial charge in [-0.3, -0.25) is 39.6 Å². The van der Waals surface area contributed by atoms with Crippen LogP contribution in [0.3, 0.4) is 0 Å². The number of anilines is 7. The molecule has 20 N–H and O–H groups in total. The first-order valence-electron chi connectivity index (χ1n) is 42.5. The smallest absolute Gasteiger partial charge is 0.254 e. The average Bonchev–Trinajstić information content (AvgIpc) is 1.71. The number of hydrogen-bond acceptors (Lipinski definition) is 24. The van der Waals surface area contributed by atoms with Crippen LogP contribution in [-0.2, 0) is 66.1 Å². The molecule has 34 heteroatoms. The van der Waals surface area contributed by atoms with Crippen molar-refractivity contribution in [1.29, 1.82) is 0 Å². The summed E-state index contributed by atoms with van der Waals surface area (Å²) >= 11 is 6.50. The monoisotopic (exact) mass is 1770 g/mol. The number of phenols is 4. The highest BCUT2D eigenvalue weighted by molar-refractivity contribution is 6.33. The Labute approximate surface area is 752 Å². The lowest BCUT2D eigenvalue weighted by molar-refractivity contribution is 0.0991. The number of pyridine rings is 2. The van der Waals surface area contributed by atoms with Crippen LogP contribution in [0, 0.1) is 62.3 Å². The molecule has 0 spiro atoms. The third-order valence-electron chi connectivity index (χ3n) is 22.7. The van der Waals surface area contributed by atoms with Gasteiger partial charge in [0.25, 0.3) is 23.6 Å². The third kappa shape index (κ3) is 23.3. The number of nitrogens with zero attached hydrogens (tertiary/aromatic N) is 10. The molecule has 3 saturated heterocycles. The minimum Gasteiger partial charge on any atom is -0.507 e. The molecule has 129 heavy (non-hydrogen) atoms. The van der Waals surface area contributed by atoms with E-state index in [0.29, 0.717) is 169 Å². The van der Waals surface area contributed by atoms with Gasteiger partial charge < -0.3 is 98.1 Å². The molecule has 0 radical (unpaired) electrons. The summed E-state index contributed by atoms with van der Waals surface area (Å²) in [6.45, 7) is 27.8. The molecule has 33 nitrogen and oxygen atoms in total. The summed E-state index contributed by atoms with van der Waals surface area (Å²) in [5.41, 5.74) is 44.3. The molecule has 0 aliphatic carbocycles. The van der Waals surface area contributed by atoms with E-state index in [-0.39, 0.29) is 5.75 Å². The predicted molar refractivity (Wildman–Crippen MR) is 499 cm³/mol. The van der Waals surface area contributed by atoms with Gasteiger partial charge in [0.1, 0.15) is 56.9 Å². The van der Waals surface area contributed by atoms with E-state index in [1.165, 1.54) is 11.3 Å². The van der Waals surface area contributed by atoms with E-state index >= 15 is 0 Å². The zero-order valence-electron chi connectivity index (χ0n) is 73.8. The van der Waals surface area contributed by atoms with Gasteiger partial charge in [-0.25, -0.2) is 9.97 Å². The van der Waals surface area contributed by atoms with Crippen LogP contribution in [0.1, 0.15) is 159 Å². The normalized spacial score (nSPS) is 13.1. The van der Waals surface area contributed by atoms with Crippen molar-refractivity contribution in [1.82, 2.24) is 55.3 Å². The highest BCUT2D eigenvalue weighted by Gasteiger charge is 2.27. The van der Waals surface area contributed by atoms with Gasteiger partial charge in [0.2, 0.25) is 0 Å². The number of ether oxygens (including phenoxy) is 3. The van der Waals surface area contributed by atoms with Gasteiger partial charge in [0, 0.05) is 127 Å². The number of benzene rings is 6. The molecule has 0 bridgehead atoms. The standard InChI is InChI=1S/C25H31N5O3.C24H25N5O2.C23H27ClN6O3.C23H28N6O3/c1-15-10-18(4-5-21(15)30-6-8-33-9-7-30)13-20-22(24(26)32)25(29-28-20)27-14-19-11-16(2)23(31)17(3)12-19;1-15-11-18(12-16(2)22(15)30)14-26-24-21(23(25)31)20(27-28-24)13-17-5-7-19(8-6-17)29-9-3-4-10-29;1-13-7-15(8-14(2)20(13)31)11-26-22-19(21(25)32)18(28-29-22)10-16-9-17(24)23(27-12-16)30-3-5-33-6-4-30;1-14-9-17(10-15(2)21(14)30)13-26-23-20(22(24)31)18(27-28-23)11-16-3-4-19(25-12-16)29-5-7-32-8-6-29/h4-5,10-12,31H,6-9,13-14H2,1-3H3,(H2,26,32)(H2,27,28,29);3-12,30H,13-14H2,1-2H3,(H2,25,31)(H2,26,27,28);7-9,12,31H,3-6,10-11H2,1-2H3,(H2,25,32)(H2,26,28,29);3-4,9-10,12,30H,5-8,11,13H2,1-2H3,(H2,24,31)(H2,26,27,28). The topological polar surface area (TPSA) is 484 Å². The summed E-state index contributed by atoms with van der Waals surface area (Å²) in [6.07, 6.45) is 9.41. The lowest BCUT2D eigenvalue weighted by Gasteiger charge is -2.30. The molecule has 13 aromatic rings. The fourth-order valence-electron chi connectivity index (χ4n) is 16.1. The number of phenolic OH excluding ortho intramolecular Hbond substituents is 4. The first-order chi connectivity index (χ1) is 62.0. The molecule has 16 rings (SSSR count). The maximum Gasteiger partial charge on any atom is 0.254 e. The Bertz CT molecular complexity index is 5850. The number of halogens is 1. The van der Waals surface area contributed by atoms with E-state index in [9.17, 15) is 39.6 Å². The van der Waals surface area contributed by atoms with Crippen LogP contribution in [0.15, 0.2) is 146 Å².